The Labute approximate surface area is 123 Å². The highest BCUT2D eigenvalue weighted by atomic mass is 32.2. The lowest BCUT2D eigenvalue weighted by Gasteiger charge is -2.16. The van der Waals surface area contributed by atoms with Crippen LogP contribution in [0.3, 0.4) is 0 Å². The van der Waals surface area contributed by atoms with Crippen LogP contribution >= 0.6 is 11.3 Å². The second-order valence-electron chi connectivity index (χ2n) is 4.84. The van der Waals surface area contributed by atoms with E-state index in [0.29, 0.717) is 22.8 Å². The molecule has 0 saturated heterocycles. The number of nitrogens with zero attached hydrogens (tertiary/aromatic N) is 2. The van der Waals surface area contributed by atoms with Crippen molar-refractivity contribution in [3.8, 4) is 0 Å². The molecule has 0 amide bonds. The fraction of sp³-hybridized carbons (Fsp3) is 0.583. The summed E-state index contributed by atoms with van der Waals surface area (Å²) in [5.41, 5.74) is 5.82. The van der Waals surface area contributed by atoms with Crippen LogP contribution in [-0.4, -0.2) is 45.5 Å². The quantitative estimate of drug-likeness (QED) is 0.460. The van der Waals surface area contributed by atoms with Gasteiger partial charge >= 0.3 is 0 Å². The average Bonchev–Trinajstić information content (AvgIpc) is 3.15. The maximum absolute atomic E-state index is 12.0. The number of guanidine groups is 1. The molecule has 6 nitrogen and oxygen atoms in total. The molecule has 1 fully saturated rings. The van der Waals surface area contributed by atoms with Crippen LogP contribution in [0.25, 0.3) is 0 Å². The first kappa shape index (κ1) is 15.3. The third-order valence-electron chi connectivity index (χ3n) is 3.11. The van der Waals surface area contributed by atoms with E-state index in [1.54, 1.807) is 12.1 Å². The molecular weight excluding hydrogens is 296 g/mol. The first-order valence-electron chi connectivity index (χ1n) is 6.49. The van der Waals surface area contributed by atoms with Gasteiger partial charge < -0.3 is 10.6 Å². The monoisotopic (exact) mass is 316 g/mol. The molecule has 2 rings (SSSR count). The third kappa shape index (κ3) is 3.94. The van der Waals surface area contributed by atoms with Crippen LogP contribution in [0.1, 0.15) is 17.7 Å². The van der Waals surface area contributed by atoms with Gasteiger partial charge in [0.1, 0.15) is 4.21 Å². The molecular formula is C12H20N4O2S2. The summed E-state index contributed by atoms with van der Waals surface area (Å²) in [5, 5.41) is 0. The van der Waals surface area contributed by atoms with Crippen LogP contribution in [-0.2, 0) is 10.0 Å². The van der Waals surface area contributed by atoms with Crippen molar-refractivity contribution in [1.29, 1.82) is 0 Å². The largest absolute Gasteiger partial charge is 0.370 e. The van der Waals surface area contributed by atoms with E-state index < -0.39 is 10.0 Å². The minimum atomic E-state index is -3.42. The van der Waals surface area contributed by atoms with Gasteiger partial charge in [-0.2, -0.15) is 0 Å². The van der Waals surface area contributed by atoms with E-state index in [0.717, 1.165) is 17.7 Å². The molecule has 0 bridgehead atoms. The summed E-state index contributed by atoms with van der Waals surface area (Å²) in [5.74, 6) is 0.471. The first-order valence-corrected chi connectivity index (χ1v) is 8.79. The van der Waals surface area contributed by atoms with E-state index in [1.165, 1.54) is 11.3 Å². The van der Waals surface area contributed by atoms with Crippen LogP contribution in [0.15, 0.2) is 21.3 Å². The number of aryl methyl sites for hydroxylation is 1. The van der Waals surface area contributed by atoms with Gasteiger partial charge in [0.2, 0.25) is 10.0 Å². The van der Waals surface area contributed by atoms with Crippen molar-refractivity contribution in [2.24, 2.45) is 10.7 Å². The summed E-state index contributed by atoms with van der Waals surface area (Å²) in [6.07, 6.45) is 2.30. The fourth-order valence-corrected chi connectivity index (χ4v) is 4.09. The molecule has 0 spiro atoms. The van der Waals surface area contributed by atoms with Crippen molar-refractivity contribution in [3.05, 3.63) is 17.0 Å². The molecule has 1 aliphatic carbocycles. The van der Waals surface area contributed by atoms with Gasteiger partial charge in [-0.15, -0.1) is 11.3 Å². The van der Waals surface area contributed by atoms with E-state index in [9.17, 15) is 8.42 Å². The van der Waals surface area contributed by atoms with Gasteiger partial charge in [-0.3, -0.25) is 4.99 Å². The summed E-state index contributed by atoms with van der Waals surface area (Å²) in [6, 6.07) is 3.91. The zero-order chi connectivity index (χ0) is 14.8. The Balaban J connectivity index is 1.82. The van der Waals surface area contributed by atoms with E-state index in [4.69, 9.17) is 5.73 Å². The van der Waals surface area contributed by atoms with Crippen molar-refractivity contribution in [1.82, 2.24) is 9.62 Å². The highest BCUT2D eigenvalue weighted by Crippen LogP contribution is 2.24. The van der Waals surface area contributed by atoms with E-state index in [1.807, 2.05) is 18.9 Å². The normalized spacial score (nSPS) is 16.4. The number of hydrogen-bond acceptors (Lipinski definition) is 4. The Morgan fingerprint density at radius 3 is 2.80 bits per heavy atom. The van der Waals surface area contributed by atoms with Crippen molar-refractivity contribution >= 4 is 27.3 Å². The van der Waals surface area contributed by atoms with Crippen LogP contribution < -0.4 is 10.5 Å². The van der Waals surface area contributed by atoms with Crippen LogP contribution in [0.4, 0.5) is 0 Å². The second kappa shape index (κ2) is 6.11. The summed E-state index contributed by atoms with van der Waals surface area (Å²) < 4.78 is 26.8. The van der Waals surface area contributed by atoms with Crippen molar-refractivity contribution < 1.29 is 8.42 Å². The molecule has 0 aliphatic heterocycles. The predicted molar refractivity (Wildman–Crippen MR) is 81.5 cm³/mol. The minimum Gasteiger partial charge on any atom is -0.370 e. The molecule has 112 valence electrons. The standard InChI is InChI=1S/C12H20N4O2S2/c1-9-3-6-11(19-9)20(17,18)15-8-7-14-12(13)16(2)10-4-5-10/h3,6,10,15H,4-5,7-8H2,1-2H3,(H2,13,14). The molecule has 1 aromatic rings. The molecule has 1 aliphatic rings. The summed E-state index contributed by atoms with van der Waals surface area (Å²) in [6.45, 7) is 2.47. The fourth-order valence-electron chi connectivity index (χ4n) is 1.74. The maximum atomic E-state index is 12.0. The number of thiophene rings is 1. The molecule has 1 saturated carbocycles. The molecule has 0 radical (unpaired) electrons. The molecule has 0 atom stereocenters. The minimum absolute atomic E-state index is 0.248. The maximum Gasteiger partial charge on any atom is 0.250 e. The number of rotatable bonds is 6. The lowest BCUT2D eigenvalue weighted by atomic mass is 10.5. The summed E-state index contributed by atoms with van der Waals surface area (Å²) in [7, 11) is -1.50. The lowest BCUT2D eigenvalue weighted by Crippen LogP contribution is -2.36. The second-order valence-corrected chi connectivity index (χ2v) is 8.13. The third-order valence-corrected chi connectivity index (χ3v) is 6.07. The topological polar surface area (TPSA) is 87.8 Å². The number of nitrogens with one attached hydrogen (secondary N) is 1. The molecule has 8 heteroatoms. The van der Waals surface area contributed by atoms with Gasteiger partial charge in [0.25, 0.3) is 0 Å². The average molecular weight is 316 g/mol. The van der Waals surface area contributed by atoms with Gasteiger partial charge in [-0.05, 0) is 31.9 Å². The van der Waals surface area contributed by atoms with Gasteiger partial charge in [0.15, 0.2) is 5.96 Å². The Morgan fingerprint density at radius 2 is 2.25 bits per heavy atom. The number of aliphatic imine (C=N–C) groups is 1. The molecule has 20 heavy (non-hydrogen) atoms. The van der Waals surface area contributed by atoms with Crippen LogP contribution in [0.5, 0.6) is 0 Å². The molecule has 3 N–H and O–H groups in total. The van der Waals surface area contributed by atoms with Gasteiger partial charge in [-0.1, -0.05) is 0 Å². The predicted octanol–water partition coefficient (Wildman–Crippen LogP) is 0.744. The molecule has 1 aromatic heterocycles. The zero-order valence-corrected chi connectivity index (χ0v) is 13.3. The number of sulfonamides is 1. The SMILES string of the molecule is Cc1ccc(S(=O)(=O)NCCN=C(N)N(C)C2CC2)s1. The zero-order valence-electron chi connectivity index (χ0n) is 11.7. The number of nitrogens with two attached hydrogens (primary N) is 1. The Bertz CT molecular complexity index is 590. The van der Waals surface area contributed by atoms with Gasteiger partial charge in [0, 0.05) is 24.5 Å². The lowest BCUT2D eigenvalue weighted by molar-refractivity contribution is 0.487. The Morgan fingerprint density at radius 1 is 1.55 bits per heavy atom. The van der Waals surface area contributed by atoms with E-state index in [2.05, 4.69) is 9.71 Å². The Kier molecular flexibility index (Phi) is 4.66. The van der Waals surface area contributed by atoms with Gasteiger partial charge in [0.05, 0.1) is 6.54 Å². The van der Waals surface area contributed by atoms with Crippen molar-refractivity contribution in [3.63, 3.8) is 0 Å². The van der Waals surface area contributed by atoms with Crippen LogP contribution in [0, 0.1) is 6.92 Å². The summed E-state index contributed by atoms with van der Waals surface area (Å²) in [4.78, 5) is 7.10. The van der Waals surface area contributed by atoms with Crippen molar-refractivity contribution in [2.45, 2.75) is 30.0 Å². The van der Waals surface area contributed by atoms with E-state index in [-0.39, 0.29) is 6.54 Å². The molecule has 0 aromatic carbocycles. The van der Waals surface area contributed by atoms with Gasteiger partial charge in [-0.25, -0.2) is 13.1 Å². The number of hydrogen-bond donors (Lipinski definition) is 2. The molecule has 1 heterocycles. The first-order chi connectivity index (χ1) is 9.40. The van der Waals surface area contributed by atoms with E-state index >= 15 is 0 Å². The highest BCUT2D eigenvalue weighted by Gasteiger charge is 2.27. The molecule has 0 unspecified atom stereocenters. The Hall–Kier alpha value is -1.12. The van der Waals surface area contributed by atoms with Crippen LogP contribution in [0.2, 0.25) is 0 Å². The smallest absolute Gasteiger partial charge is 0.250 e. The van der Waals surface area contributed by atoms with Crippen molar-refractivity contribution in [2.75, 3.05) is 20.1 Å². The summed E-state index contributed by atoms with van der Waals surface area (Å²) >= 11 is 1.26. The highest BCUT2D eigenvalue weighted by molar-refractivity contribution is 7.91.